The van der Waals surface area contributed by atoms with Gasteiger partial charge in [0.2, 0.25) is 23.8 Å². The molecule has 5 aromatic rings. The molecule has 3 aromatic carbocycles. The molecule has 408 valence electrons. The van der Waals surface area contributed by atoms with E-state index < -0.39 is 54.9 Å². The third kappa shape index (κ3) is 8.24. The molecular weight excluding hydrogens is 1010 g/mol. The predicted molar refractivity (Wildman–Crippen MR) is 282 cm³/mol. The molecule has 12 unspecified atom stereocenters. The van der Waals surface area contributed by atoms with Crippen molar-refractivity contribution in [3.63, 3.8) is 0 Å². The number of halogens is 4. The minimum Gasteiger partial charge on any atom is -0.377 e. The number of fused-ring (bicyclic) bond motifs is 11. The first-order valence-electron chi connectivity index (χ1n) is 27.8. The minimum absolute atomic E-state index is 0.150. The number of hydrogen-bond donors (Lipinski definition) is 1. The Hall–Kier alpha value is -6.33. The molecule has 78 heavy (non-hydrogen) atoms. The van der Waals surface area contributed by atoms with Crippen LogP contribution in [0, 0.1) is 0 Å². The van der Waals surface area contributed by atoms with Gasteiger partial charge in [0, 0.05) is 42.5 Å². The molecule has 0 spiro atoms. The van der Waals surface area contributed by atoms with Gasteiger partial charge in [-0.15, -0.1) is 0 Å². The van der Waals surface area contributed by atoms with Crippen molar-refractivity contribution in [1.82, 2.24) is 34.8 Å². The Morgan fingerprint density at radius 2 is 0.821 bits per heavy atom. The molecule has 2 aromatic heterocycles. The third-order valence-corrected chi connectivity index (χ3v) is 18.6. The van der Waals surface area contributed by atoms with Gasteiger partial charge in [-0.05, 0) is 111 Å². The zero-order valence-corrected chi connectivity index (χ0v) is 43.0. The lowest BCUT2D eigenvalue weighted by Gasteiger charge is -2.48. The van der Waals surface area contributed by atoms with E-state index in [-0.39, 0.29) is 81.7 Å². The Morgan fingerprint density at radius 3 is 1.15 bits per heavy atom. The minimum atomic E-state index is -1.12. The van der Waals surface area contributed by atoms with Gasteiger partial charge in [0.05, 0.1) is 113 Å². The van der Waals surface area contributed by atoms with Crippen LogP contribution in [0.3, 0.4) is 0 Å². The summed E-state index contributed by atoms with van der Waals surface area (Å²) in [6, 6.07) is 19.1. The number of amides is 2. The number of piperidine rings is 3. The van der Waals surface area contributed by atoms with Crippen LogP contribution < -0.4 is 29.8 Å². The molecule has 0 saturated carbocycles. The molecule has 2 amide bonds. The van der Waals surface area contributed by atoms with Crippen LogP contribution in [-0.4, -0.2) is 186 Å². The van der Waals surface area contributed by atoms with Gasteiger partial charge < -0.3 is 48.8 Å². The highest BCUT2D eigenvalue weighted by atomic mass is 19.1. The largest absolute Gasteiger partial charge is 0.377 e. The van der Waals surface area contributed by atoms with Crippen LogP contribution in [0.5, 0.6) is 0 Å². The number of nitrogens with zero attached hydrogens (tertiary/aromatic N) is 12. The van der Waals surface area contributed by atoms with Gasteiger partial charge in [0.1, 0.15) is 24.7 Å². The van der Waals surface area contributed by atoms with Crippen molar-refractivity contribution in [2.24, 2.45) is 0 Å². The molecule has 16 rings (SSSR count). The third-order valence-electron chi connectivity index (χ3n) is 18.6. The highest BCUT2D eigenvalue weighted by molar-refractivity contribution is 6.07. The zero-order chi connectivity index (χ0) is 52.4. The van der Waals surface area contributed by atoms with Crippen LogP contribution in [0.2, 0.25) is 0 Å². The van der Waals surface area contributed by atoms with Crippen LogP contribution in [0.1, 0.15) is 50.5 Å². The van der Waals surface area contributed by atoms with Crippen molar-refractivity contribution in [1.29, 1.82) is 0 Å². The Morgan fingerprint density at radius 1 is 0.474 bits per heavy atom. The summed E-state index contributed by atoms with van der Waals surface area (Å²) in [5, 5.41) is 3.18. The zero-order valence-electron chi connectivity index (χ0n) is 43.0. The first-order chi connectivity index (χ1) is 38.1. The maximum absolute atomic E-state index is 15.5. The number of anilines is 7. The Balaban J connectivity index is 0.784. The highest BCUT2D eigenvalue weighted by Gasteiger charge is 2.51. The number of alkyl halides is 4. The van der Waals surface area contributed by atoms with Gasteiger partial charge in [0.15, 0.2) is 11.6 Å². The lowest BCUT2D eigenvalue weighted by molar-refractivity contribution is 0.0808. The summed E-state index contributed by atoms with van der Waals surface area (Å²) >= 11 is 0. The van der Waals surface area contributed by atoms with E-state index in [0.29, 0.717) is 90.1 Å². The molecule has 11 saturated heterocycles. The molecule has 11 aliphatic heterocycles. The van der Waals surface area contributed by atoms with Gasteiger partial charge in [-0.1, -0.05) is 12.1 Å². The van der Waals surface area contributed by atoms with E-state index in [9.17, 15) is 4.79 Å². The van der Waals surface area contributed by atoms with Crippen molar-refractivity contribution in [2.45, 2.75) is 123 Å². The molecule has 11 aliphatic rings. The first kappa shape index (κ1) is 48.8. The quantitative estimate of drug-likeness (QED) is 0.146. The first-order valence-corrected chi connectivity index (χ1v) is 27.8. The topological polar surface area (TPSA) is 163 Å². The van der Waals surface area contributed by atoms with Gasteiger partial charge >= 0.3 is 6.03 Å². The summed E-state index contributed by atoms with van der Waals surface area (Å²) in [6.45, 7) is 5.44. The van der Waals surface area contributed by atoms with E-state index in [1.54, 1.807) is 4.90 Å². The Bertz CT molecular complexity index is 2800. The lowest BCUT2D eigenvalue weighted by Crippen LogP contribution is -2.50. The van der Waals surface area contributed by atoms with Gasteiger partial charge in [0.25, 0.3) is 0 Å². The van der Waals surface area contributed by atoms with Gasteiger partial charge in [-0.3, -0.25) is 4.90 Å². The number of urea groups is 1. The summed E-state index contributed by atoms with van der Waals surface area (Å²) in [7, 11) is 0. The SMILES string of the molecule is O=C(Nc1ccc(C23CCN(CC2)CC3)cc1)N(c1ccc(-c2nc(N3C4COCC3C(F)C4)nc(N3C4COCC3C(F)C4)n2)cc1)c1ccc(-c2nc(N3C4COCC3C(F)C4)nc(N3C4COCC3C(F)C4)n2)cc1. The molecular formula is C56H61F4N13O5. The summed E-state index contributed by atoms with van der Waals surface area (Å²) in [4.78, 5) is 56.4. The van der Waals surface area contributed by atoms with E-state index in [2.05, 4.69) is 22.3 Å². The molecule has 0 aliphatic carbocycles. The normalized spacial score (nSPS) is 34.4. The second-order valence-electron chi connectivity index (χ2n) is 23.0. The average molecular weight is 1070 g/mol. The van der Waals surface area contributed by atoms with Crippen molar-refractivity contribution in [3.05, 3.63) is 78.4 Å². The maximum atomic E-state index is 15.5. The molecule has 12 atom stereocenters. The molecule has 18 nitrogen and oxygen atoms in total. The van der Waals surface area contributed by atoms with Crippen LogP contribution in [0.25, 0.3) is 22.8 Å². The second kappa shape index (κ2) is 19.2. The van der Waals surface area contributed by atoms with Crippen molar-refractivity contribution < 1.29 is 41.3 Å². The number of aromatic nitrogens is 6. The number of nitrogens with one attached hydrogen (secondary N) is 1. The summed E-state index contributed by atoms with van der Waals surface area (Å²) < 4.78 is 85.0. The molecule has 1 N–H and O–H groups in total. The summed E-state index contributed by atoms with van der Waals surface area (Å²) in [5.74, 6) is 1.88. The Labute approximate surface area is 448 Å². The highest BCUT2D eigenvalue weighted by Crippen LogP contribution is 2.45. The molecule has 13 heterocycles. The second-order valence-corrected chi connectivity index (χ2v) is 23.0. The van der Waals surface area contributed by atoms with E-state index in [0.717, 1.165) is 38.9 Å². The average Bonchev–Trinajstić information content (AvgIpc) is 3.97. The summed E-state index contributed by atoms with van der Waals surface area (Å²) in [5.41, 5.74) is 4.36. The Kier molecular flexibility index (Phi) is 12.0. The fourth-order valence-electron chi connectivity index (χ4n) is 14.5. The lowest BCUT2D eigenvalue weighted by atomic mass is 9.67. The monoisotopic (exact) mass is 1070 g/mol. The number of ether oxygens (including phenoxy) is 4. The summed E-state index contributed by atoms with van der Waals surface area (Å²) in [6.07, 6.45) is 0.0317. The molecule has 22 heteroatoms. The van der Waals surface area contributed by atoms with Crippen LogP contribution >= 0.6 is 0 Å². The van der Waals surface area contributed by atoms with Crippen LogP contribution in [-0.2, 0) is 24.4 Å². The number of carbonyl (C=O) groups is 1. The van der Waals surface area contributed by atoms with Crippen LogP contribution in [0.4, 0.5) is 63.2 Å². The number of hydrogen-bond acceptors (Lipinski definition) is 16. The number of benzene rings is 3. The molecule has 0 radical (unpaired) electrons. The smallest absolute Gasteiger partial charge is 0.330 e. The van der Waals surface area contributed by atoms with Gasteiger partial charge in [-0.25, -0.2) is 22.4 Å². The standard InChI is InChI=1S/C56H61F4N13O5/c57-41-19-37-23-75-27-45(41)70(37)51-62-49(63-52(66-51)71-38-20-42(58)46(71)28-76-24-38)31-1-9-35(10-2-31)69(55(74)61-34-7-5-33(6-8-34)56-13-16-68(17-14-56)18-15-56)36-11-3-32(4-12-36)50-64-53(72-39-21-43(59)47(72)29-77-25-39)67-54(65-50)73-40-22-44(60)48(73)30-78-26-40/h1-12,37-48H,13-30H2,(H,61,74). The van der Waals surface area contributed by atoms with E-state index in [1.165, 1.54) is 5.56 Å². The van der Waals surface area contributed by atoms with E-state index >= 15 is 17.6 Å². The predicted octanol–water partition coefficient (Wildman–Crippen LogP) is 6.76. The van der Waals surface area contributed by atoms with E-state index in [1.807, 2.05) is 80.3 Å². The van der Waals surface area contributed by atoms with E-state index in [4.69, 9.17) is 48.9 Å². The fourth-order valence-corrected chi connectivity index (χ4v) is 14.5. The molecule has 10 bridgehead atoms. The number of rotatable bonds is 10. The fraction of sp³-hybridized carbons (Fsp3) is 0.554. The number of morpholine rings is 4. The van der Waals surface area contributed by atoms with Crippen LogP contribution in [0.15, 0.2) is 72.8 Å². The maximum Gasteiger partial charge on any atom is 0.330 e. The van der Waals surface area contributed by atoms with Gasteiger partial charge in [-0.2, -0.15) is 29.9 Å². The molecule has 11 fully saturated rings. The number of carbonyl (C=O) groups excluding carboxylic acids is 1. The van der Waals surface area contributed by atoms with Crippen molar-refractivity contribution in [2.75, 3.05) is 102 Å². The van der Waals surface area contributed by atoms with Crippen molar-refractivity contribution in [3.8, 4) is 22.8 Å². The van der Waals surface area contributed by atoms with Crippen molar-refractivity contribution >= 4 is 46.9 Å².